The molecule has 8 heteroatoms. The minimum absolute atomic E-state index is 0.181. The Morgan fingerprint density at radius 2 is 1.76 bits per heavy atom. The van der Waals surface area contributed by atoms with E-state index >= 15 is 0 Å². The Morgan fingerprint density at radius 1 is 1.07 bits per heavy atom. The van der Waals surface area contributed by atoms with Crippen molar-refractivity contribution >= 4 is 27.7 Å². The lowest BCUT2D eigenvalue weighted by molar-refractivity contribution is -0.121. The topological polar surface area (TPSA) is 69.7 Å². The van der Waals surface area contributed by atoms with E-state index in [2.05, 4.69) is 5.32 Å². The predicted octanol–water partition coefficient (Wildman–Crippen LogP) is 3.03. The van der Waals surface area contributed by atoms with Crippen LogP contribution in [0.25, 0.3) is 0 Å². The molecule has 2 aromatic carbocycles. The van der Waals surface area contributed by atoms with Crippen LogP contribution in [0.3, 0.4) is 0 Å². The smallest absolute Gasteiger partial charge is 0.282 e. The van der Waals surface area contributed by atoms with Crippen LogP contribution in [0.4, 0.5) is 0 Å². The summed E-state index contributed by atoms with van der Waals surface area (Å²) in [5, 5.41) is 3.41. The van der Waals surface area contributed by atoms with Crippen molar-refractivity contribution in [2.24, 2.45) is 0 Å². The fourth-order valence-corrected chi connectivity index (χ4v) is 5.07. The number of benzene rings is 2. The molecule has 1 amide bonds. The van der Waals surface area contributed by atoms with Crippen LogP contribution in [0.5, 0.6) is 0 Å². The van der Waals surface area contributed by atoms with Crippen LogP contribution in [0, 0.1) is 13.8 Å². The highest BCUT2D eigenvalue weighted by Gasteiger charge is 2.34. The van der Waals surface area contributed by atoms with Crippen LogP contribution >= 0.6 is 11.6 Å². The molecule has 6 nitrogen and oxygen atoms in total. The summed E-state index contributed by atoms with van der Waals surface area (Å²) in [4.78, 5) is 12.3. The predicted molar refractivity (Wildman–Crippen MR) is 115 cm³/mol. The number of rotatable bonds is 6. The molecule has 0 unspecified atom stereocenters. The molecule has 0 bridgehead atoms. The van der Waals surface area contributed by atoms with Crippen molar-refractivity contribution in [3.63, 3.8) is 0 Å². The summed E-state index contributed by atoms with van der Waals surface area (Å²) >= 11 is 5.86. The zero-order valence-electron chi connectivity index (χ0n) is 16.7. The van der Waals surface area contributed by atoms with Gasteiger partial charge in [0.05, 0.1) is 6.54 Å². The average Bonchev–Trinajstić information content (AvgIpc) is 2.67. The Morgan fingerprint density at radius 3 is 2.48 bits per heavy atom. The number of aryl methyl sites for hydroxylation is 2. The highest BCUT2D eigenvalue weighted by Crippen LogP contribution is 2.21. The average molecular weight is 436 g/mol. The number of carbonyl (C=O) groups is 1. The van der Waals surface area contributed by atoms with Gasteiger partial charge < -0.3 is 5.32 Å². The lowest BCUT2D eigenvalue weighted by Crippen LogP contribution is -2.52. The van der Waals surface area contributed by atoms with Gasteiger partial charge in [-0.1, -0.05) is 47.5 Å². The molecule has 1 N–H and O–H groups in total. The zero-order chi connectivity index (χ0) is 21.0. The molecule has 1 heterocycles. The van der Waals surface area contributed by atoms with Crippen molar-refractivity contribution in [2.75, 3.05) is 19.6 Å². The van der Waals surface area contributed by atoms with Gasteiger partial charge >= 0.3 is 0 Å². The Balaban J connectivity index is 1.62. The Labute approximate surface area is 177 Å². The van der Waals surface area contributed by atoms with Crippen LogP contribution in [0.2, 0.25) is 5.02 Å². The van der Waals surface area contributed by atoms with Crippen molar-refractivity contribution < 1.29 is 13.2 Å². The maximum absolute atomic E-state index is 13.0. The molecule has 3 rings (SSSR count). The molecule has 1 aliphatic rings. The third kappa shape index (κ3) is 5.57. The number of carbonyl (C=O) groups excluding carboxylic acids is 1. The van der Waals surface area contributed by atoms with Crippen LogP contribution < -0.4 is 5.32 Å². The van der Waals surface area contributed by atoms with E-state index < -0.39 is 10.2 Å². The second kappa shape index (κ2) is 9.26. The molecular formula is C21H26ClN3O3S. The quantitative estimate of drug-likeness (QED) is 0.758. The van der Waals surface area contributed by atoms with E-state index in [0.29, 0.717) is 37.6 Å². The maximum Gasteiger partial charge on any atom is 0.282 e. The summed E-state index contributed by atoms with van der Waals surface area (Å²) in [6.45, 7) is 5.24. The third-order valence-electron chi connectivity index (χ3n) is 5.04. The van der Waals surface area contributed by atoms with Crippen LogP contribution in [0.15, 0.2) is 42.5 Å². The normalized spacial score (nSPS) is 17.2. The van der Waals surface area contributed by atoms with Gasteiger partial charge in [-0.25, -0.2) is 0 Å². The number of hydrogen-bond acceptors (Lipinski definition) is 3. The third-order valence-corrected chi connectivity index (χ3v) is 7.22. The number of hydrogen-bond donors (Lipinski definition) is 1. The first kappa shape index (κ1) is 21.8. The monoisotopic (exact) mass is 435 g/mol. The summed E-state index contributed by atoms with van der Waals surface area (Å²) in [6, 6.07) is 13.2. The van der Waals surface area contributed by atoms with Gasteiger partial charge in [0.15, 0.2) is 0 Å². The molecule has 2 aromatic rings. The van der Waals surface area contributed by atoms with Crippen LogP contribution in [0.1, 0.15) is 28.7 Å². The van der Waals surface area contributed by atoms with E-state index in [4.69, 9.17) is 11.6 Å². The van der Waals surface area contributed by atoms with Gasteiger partial charge in [0.25, 0.3) is 10.2 Å². The van der Waals surface area contributed by atoms with Crippen molar-refractivity contribution in [3.05, 3.63) is 69.7 Å². The summed E-state index contributed by atoms with van der Waals surface area (Å²) < 4.78 is 28.8. The van der Waals surface area contributed by atoms with E-state index in [1.54, 1.807) is 12.1 Å². The zero-order valence-corrected chi connectivity index (χ0v) is 18.3. The second-order valence-corrected chi connectivity index (χ2v) is 9.73. The molecule has 0 spiro atoms. The number of nitrogens with one attached hydrogen (secondary N) is 1. The highest BCUT2D eigenvalue weighted by molar-refractivity contribution is 7.86. The van der Waals surface area contributed by atoms with Crippen molar-refractivity contribution in [2.45, 2.75) is 33.4 Å². The van der Waals surface area contributed by atoms with Gasteiger partial charge in [-0.15, -0.1) is 0 Å². The summed E-state index contributed by atoms with van der Waals surface area (Å²) in [5.74, 6) is -0.322. The molecule has 29 heavy (non-hydrogen) atoms. The standard InChI is InChI=1S/C21H26ClN3O3S/c1-16-4-5-17(2)19(12-16)14-24-10-3-11-25(29(24,27)28)15-21(26)23-13-18-6-8-20(22)9-7-18/h4-9,12H,3,10-11,13-15H2,1-2H3,(H,23,26). The van der Waals surface area contributed by atoms with E-state index in [-0.39, 0.29) is 12.5 Å². The fourth-order valence-electron chi connectivity index (χ4n) is 3.32. The van der Waals surface area contributed by atoms with Crippen LogP contribution in [-0.4, -0.2) is 42.6 Å². The number of amides is 1. The van der Waals surface area contributed by atoms with E-state index in [9.17, 15) is 13.2 Å². The highest BCUT2D eigenvalue weighted by atomic mass is 35.5. The molecule has 0 atom stereocenters. The number of nitrogens with zero attached hydrogens (tertiary/aromatic N) is 2. The maximum atomic E-state index is 13.0. The minimum atomic E-state index is -3.69. The van der Waals surface area contributed by atoms with E-state index in [1.807, 2.05) is 44.2 Å². The SMILES string of the molecule is Cc1ccc(C)c(CN2CCCN(CC(=O)NCc3ccc(Cl)cc3)S2(=O)=O)c1. The first-order valence-electron chi connectivity index (χ1n) is 9.58. The lowest BCUT2D eigenvalue weighted by Gasteiger charge is -2.34. The fraction of sp³-hybridized carbons (Fsp3) is 0.381. The van der Waals surface area contributed by atoms with E-state index in [1.165, 1.54) is 8.61 Å². The molecule has 1 saturated heterocycles. The van der Waals surface area contributed by atoms with Gasteiger partial charge in [-0.3, -0.25) is 4.79 Å². The Bertz CT molecular complexity index is 977. The van der Waals surface area contributed by atoms with Gasteiger partial charge in [-0.2, -0.15) is 17.0 Å². The summed E-state index contributed by atoms with van der Waals surface area (Å²) in [5.41, 5.74) is 4.05. The Hall–Kier alpha value is -1.93. The van der Waals surface area contributed by atoms with Crippen molar-refractivity contribution in [1.29, 1.82) is 0 Å². The molecule has 1 aliphatic heterocycles. The lowest BCUT2D eigenvalue weighted by atomic mass is 10.1. The van der Waals surface area contributed by atoms with Gasteiger partial charge in [0.1, 0.15) is 0 Å². The molecule has 0 aliphatic carbocycles. The van der Waals surface area contributed by atoms with Gasteiger partial charge in [0.2, 0.25) is 5.91 Å². The molecule has 0 radical (unpaired) electrons. The van der Waals surface area contributed by atoms with Gasteiger partial charge in [-0.05, 0) is 49.1 Å². The Kier molecular flexibility index (Phi) is 6.95. The molecule has 156 valence electrons. The molecular weight excluding hydrogens is 410 g/mol. The van der Waals surface area contributed by atoms with Gasteiger partial charge in [0, 0.05) is 31.2 Å². The first-order chi connectivity index (χ1) is 13.8. The van der Waals surface area contributed by atoms with Crippen molar-refractivity contribution in [1.82, 2.24) is 13.9 Å². The second-order valence-electron chi connectivity index (χ2n) is 7.36. The number of halogens is 1. The molecule has 1 fully saturated rings. The molecule has 0 aromatic heterocycles. The minimum Gasteiger partial charge on any atom is -0.351 e. The first-order valence-corrected chi connectivity index (χ1v) is 11.4. The largest absolute Gasteiger partial charge is 0.351 e. The summed E-state index contributed by atoms with van der Waals surface area (Å²) in [7, 11) is -3.69. The van der Waals surface area contributed by atoms with Crippen LogP contribution in [-0.2, 0) is 28.1 Å². The molecule has 0 saturated carbocycles. The van der Waals surface area contributed by atoms with E-state index in [0.717, 1.165) is 22.3 Å². The van der Waals surface area contributed by atoms with Crippen molar-refractivity contribution in [3.8, 4) is 0 Å². The summed E-state index contributed by atoms with van der Waals surface area (Å²) in [6.07, 6.45) is 0.689.